The van der Waals surface area contributed by atoms with E-state index in [0.717, 1.165) is 44.5 Å². The summed E-state index contributed by atoms with van der Waals surface area (Å²) in [4.78, 5) is 0. The van der Waals surface area contributed by atoms with Gasteiger partial charge in [0.25, 0.3) is 0 Å². The van der Waals surface area contributed by atoms with E-state index in [1.165, 1.54) is 32.1 Å². The number of hydrogen-bond acceptors (Lipinski definition) is 2. The third kappa shape index (κ3) is 2.96. The molecule has 0 aromatic rings. The Morgan fingerprint density at radius 1 is 1.30 bits per heavy atom. The molecular formula is C18H30O2. The van der Waals surface area contributed by atoms with Crippen molar-refractivity contribution >= 4 is 0 Å². The van der Waals surface area contributed by atoms with Gasteiger partial charge in [-0.3, -0.25) is 0 Å². The van der Waals surface area contributed by atoms with Crippen LogP contribution in [0, 0.1) is 17.3 Å². The lowest BCUT2D eigenvalue weighted by atomic mass is 9.48. The van der Waals surface area contributed by atoms with Gasteiger partial charge >= 0.3 is 0 Å². The van der Waals surface area contributed by atoms with E-state index in [0.29, 0.717) is 11.5 Å². The summed E-state index contributed by atoms with van der Waals surface area (Å²) >= 11 is 0. The van der Waals surface area contributed by atoms with Crippen LogP contribution in [0.2, 0.25) is 0 Å². The Morgan fingerprint density at radius 3 is 2.90 bits per heavy atom. The second-order valence-corrected chi connectivity index (χ2v) is 7.46. The predicted molar refractivity (Wildman–Crippen MR) is 81.7 cm³/mol. The normalized spacial score (nSPS) is 35.3. The quantitative estimate of drug-likeness (QED) is 0.531. The molecule has 2 heteroatoms. The van der Waals surface area contributed by atoms with Crippen molar-refractivity contribution in [2.75, 3.05) is 19.8 Å². The minimum atomic E-state index is 0.462. The largest absolute Gasteiger partial charge is 0.381 e. The summed E-state index contributed by atoms with van der Waals surface area (Å²) in [6.07, 6.45) is 11.7. The van der Waals surface area contributed by atoms with Crippen molar-refractivity contribution < 1.29 is 9.47 Å². The first-order valence-corrected chi connectivity index (χ1v) is 8.56. The van der Waals surface area contributed by atoms with Crippen LogP contribution in [-0.2, 0) is 9.47 Å². The highest BCUT2D eigenvalue weighted by Gasteiger charge is 2.50. The van der Waals surface area contributed by atoms with E-state index in [-0.39, 0.29) is 0 Å². The van der Waals surface area contributed by atoms with Gasteiger partial charge in [0.15, 0.2) is 0 Å². The van der Waals surface area contributed by atoms with E-state index < -0.39 is 0 Å². The van der Waals surface area contributed by atoms with Crippen LogP contribution in [0.3, 0.4) is 0 Å². The van der Waals surface area contributed by atoms with Crippen molar-refractivity contribution in [2.45, 2.75) is 64.9 Å². The molecule has 2 nitrogen and oxygen atoms in total. The predicted octanol–water partition coefficient (Wildman–Crippen LogP) is 4.34. The molecule has 0 aromatic carbocycles. The molecule has 20 heavy (non-hydrogen) atoms. The summed E-state index contributed by atoms with van der Waals surface area (Å²) in [5.74, 6) is 1.78. The molecular weight excluding hydrogens is 248 g/mol. The minimum Gasteiger partial charge on any atom is -0.381 e. The van der Waals surface area contributed by atoms with Crippen molar-refractivity contribution in [3.63, 3.8) is 0 Å². The first kappa shape index (κ1) is 14.6. The maximum absolute atomic E-state index is 5.85. The molecule has 114 valence electrons. The van der Waals surface area contributed by atoms with Gasteiger partial charge in [-0.25, -0.2) is 0 Å². The molecule has 1 heterocycles. The smallest absolute Gasteiger partial charge is 0.0597 e. The third-order valence-electron chi connectivity index (χ3n) is 5.98. The topological polar surface area (TPSA) is 18.5 Å². The van der Waals surface area contributed by atoms with Crippen LogP contribution >= 0.6 is 0 Å². The van der Waals surface area contributed by atoms with Crippen LogP contribution in [0.1, 0.15) is 58.8 Å². The van der Waals surface area contributed by atoms with Crippen LogP contribution in [0.4, 0.5) is 0 Å². The lowest BCUT2D eigenvalue weighted by molar-refractivity contribution is -0.0165. The number of allylic oxidation sites excluding steroid dienone is 1. The molecule has 0 amide bonds. The van der Waals surface area contributed by atoms with Gasteiger partial charge in [-0.15, -0.1) is 0 Å². The maximum atomic E-state index is 5.85. The molecule has 0 radical (unpaired) electrons. The average molecular weight is 278 g/mol. The fraction of sp³-hybridized carbons (Fsp3) is 0.889. The Bertz CT molecular complexity index is 352. The second-order valence-electron chi connectivity index (χ2n) is 7.46. The fourth-order valence-corrected chi connectivity index (χ4v) is 4.30. The van der Waals surface area contributed by atoms with Gasteiger partial charge in [-0.1, -0.05) is 25.5 Å². The molecule has 0 N–H and O–H groups in total. The van der Waals surface area contributed by atoms with Crippen LogP contribution in [0.15, 0.2) is 11.6 Å². The van der Waals surface area contributed by atoms with E-state index in [1.54, 1.807) is 5.57 Å². The fourth-order valence-electron chi connectivity index (χ4n) is 4.30. The molecule has 3 unspecified atom stereocenters. The standard InChI is InChI=1S/C18H30O2/c1-18(2)15-7-6-14(17(18)13-15)8-11-19-12-9-16-5-3-4-10-20-16/h6,15-17H,3-5,7-13H2,1-2H3. The molecule has 4 rings (SSSR count). The Hall–Kier alpha value is -0.340. The molecule has 0 spiro atoms. The van der Waals surface area contributed by atoms with E-state index in [9.17, 15) is 0 Å². The van der Waals surface area contributed by atoms with Crippen molar-refractivity contribution in [3.8, 4) is 0 Å². The molecule has 3 atom stereocenters. The third-order valence-corrected chi connectivity index (χ3v) is 5.98. The molecule has 0 aromatic heterocycles. The zero-order valence-electron chi connectivity index (χ0n) is 13.2. The second kappa shape index (κ2) is 6.19. The molecule has 1 saturated heterocycles. The molecule has 4 aliphatic rings. The Balaban J connectivity index is 1.31. The van der Waals surface area contributed by atoms with Gasteiger partial charge in [0.2, 0.25) is 0 Å². The van der Waals surface area contributed by atoms with Crippen LogP contribution in [0.5, 0.6) is 0 Å². The van der Waals surface area contributed by atoms with Gasteiger partial charge in [0.05, 0.1) is 12.7 Å². The van der Waals surface area contributed by atoms with Crippen molar-refractivity contribution in [1.82, 2.24) is 0 Å². The van der Waals surface area contributed by atoms with Crippen LogP contribution < -0.4 is 0 Å². The molecule has 2 fully saturated rings. The SMILES string of the molecule is CC1(C)C2CC=C(CCOCCC3CCCCO3)C1C2. The molecule has 3 aliphatic carbocycles. The van der Waals surface area contributed by atoms with E-state index in [1.807, 2.05) is 0 Å². The Morgan fingerprint density at radius 2 is 2.20 bits per heavy atom. The first-order chi connectivity index (χ1) is 9.68. The van der Waals surface area contributed by atoms with E-state index in [2.05, 4.69) is 19.9 Å². The number of rotatable bonds is 6. The zero-order chi connectivity index (χ0) is 14.0. The van der Waals surface area contributed by atoms with E-state index >= 15 is 0 Å². The Labute approximate surface area is 123 Å². The average Bonchev–Trinajstić information content (AvgIpc) is 2.48. The molecule has 1 aliphatic heterocycles. The van der Waals surface area contributed by atoms with Gasteiger partial charge in [0, 0.05) is 13.2 Å². The number of fused-ring (bicyclic) bond motifs is 1. The maximum Gasteiger partial charge on any atom is 0.0597 e. The van der Waals surface area contributed by atoms with Crippen LogP contribution in [0.25, 0.3) is 0 Å². The summed E-state index contributed by atoms with van der Waals surface area (Å²) in [6.45, 7) is 7.61. The monoisotopic (exact) mass is 278 g/mol. The highest BCUT2D eigenvalue weighted by molar-refractivity contribution is 5.23. The minimum absolute atomic E-state index is 0.462. The summed E-state index contributed by atoms with van der Waals surface area (Å²) in [5, 5.41) is 0. The molecule has 1 saturated carbocycles. The highest BCUT2D eigenvalue weighted by atomic mass is 16.5. The highest BCUT2D eigenvalue weighted by Crippen LogP contribution is 2.59. The lowest BCUT2D eigenvalue weighted by Crippen LogP contribution is -2.48. The Kier molecular flexibility index (Phi) is 4.52. The van der Waals surface area contributed by atoms with Crippen molar-refractivity contribution in [2.24, 2.45) is 17.3 Å². The summed E-state index contributed by atoms with van der Waals surface area (Å²) in [6, 6.07) is 0. The summed E-state index contributed by atoms with van der Waals surface area (Å²) < 4.78 is 11.6. The van der Waals surface area contributed by atoms with Gasteiger partial charge in [-0.05, 0) is 62.2 Å². The van der Waals surface area contributed by atoms with Crippen molar-refractivity contribution in [1.29, 1.82) is 0 Å². The van der Waals surface area contributed by atoms with Crippen molar-refractivity contribution in [3.05, 3.63) is 11.6 Å². The van der Waals surface area contributed by atoms with Crippen LogP contribution in [-0.4, -0.2) is 25.9 Å². The lowest BCUT2D eigenvalue weighted by Gasteiger charge is -2.56. The summed E-state index contributed by atoms with van der Waals surface area (Å²) in [5.41, 5.74) is 2.23. The zero-order valence-corrected chi connectivity index (χ0v) is 13.2. The molecule has 2 bridgehead atoms. The number of hydrogen-bond donors (Lipinski definition) is 0. The van der Waals surface area contributed by atoms with Gasteiger partial charge in [0.1, 0.15) is 0 Å². The van der Waals surface area contributed by atoms with E-state index in [4.69, 9.17) is 9.47 Å². The number of ether oxygens (including phenoxy) is 2. The first-order valence-electron chi connectivity index (χ1n) is 8.56. The van der Waals surface area contributed by atoms with Gasteiger partial charge in [-0.2, -0.15) is 0 Å². The van der Waals surface area contributed by atoms with Gasteiger partial charge < -0.3 is 9.47 Å². The summed E-state index contributed by atoms with van der Waals surface area (Å²) in [7, 11) is 0.